The molecule has 9 aromatic rings. The number of ether oxygens (including phenoxy) is 2. The second-order valence-corrected chi connectivity index (χ2v) is 18.0. The number of fused-ring (bicyclic) bond motifs is 8. The van der Waals surface area contributed by atoms with Gasteiger partial charge in [0.25, 0.3) is 13.4 Å². The van der Waals surface area contributed by atoms with E-state index in [-0.39, 0.29) is 13.4 Å². The van der Waals surface area contributed by atoms with Gasteiger partial charge in [0.2, 0.25) is 0 Å². The maximum atomic E-state index is 7.25. The number of anilines is 6. The Morgan fingerprint density at radius 1 is 0.312 bits per heavy atom. The van der Waals surface area contributed by atoms with Crippen LogP contribution in [0, 0.1) is 27.7 Å². The van der Waals surface area contributed by atoms with Crippen molar-refractivity contribution in [3.63, 3.8) is 0 Å². The number of rotatable bonds is 4. The van der Waals surface area contributed by atoms with Crippen molar-refractivity contribution in [1.29, 1.82) is 0 Å². The van der Waals surface area contributed by atoms with Gasteiger partial charge < -0.3 is 19.3 Å². The quantitative estimate of drug-likeness (QED) is 0.165. The molecule has 6 heteroatoms. The molecule has 0 saturated heterocycles. The Morgan fingerprint density at radius 2 is 0.719 bits per heavy atom. The summed E-state index contributed by atoms with van der Waals surface area (Å²) in [6.07, 6.45) is 0. The van der Waals surface area contributed by atoms with Crippen LogP contribution in [-0.4, -0.2) is 13.4 Å². The Bertz CT molecular complexity index is 3160. The molecule has 4 aliphatic rings. The summed E-state index contributed by atoms with van der Waals surface area (Å²) in [5.41, 5.74) is 23.5. The van der Waals surface area contributed by atoms with Gasteiger partial charge in [-0.25, -0.2) is 0 Å². The van der Waals surface area contributed by atoms with E-state index < -0.39 is 0 Å². The summed E-state index contributed by atoms with van der Waals surface area (Å²) < 4.78 is 14.5. The molecule has 9 aromatic carbocycles. The highest BCUT2D eigenvalue weighted by Gasteiger charge is 2.47. The van der Waals surface area contributed by atoms with Crippen molar-refractivity contribution in [2.75, 3.05) is 9.80 Å². The number of aryl methyl sites for hydroxylation is 4. The van der Waals surface area contributed by atoms with Crippen LogP contribution < -0.4 is 52.1 Å². The minimum atomic E-state index is -0.0774. The van der Waals surface area contributed by atoms with Crippen molar-refractivity contribution >= 4 is 80.3 Å². The van der Waals surface area contributed by atoms with Crippen LogP contribution in [0.5, 0.6) is 23.0 Å². The molecule has 0 unspecified atom stereocenters. The third-order valence-corrected chi connectivity index (χ3v) is 13.8. The van der Waals surface area contributed by atoms with Crippen LogP contribution in [0.25, 0.3) is 22.3 Å². The fourth-order valence-electron chi connectivity index (χ4n) is 10.8. The van der Waals surface area contributed by atoms with Gasteiger partial charge >= 0.3 is 0 Å². The number of hydrogen-bond donors (Lipinski definition) is 0. The van der Waals surface area contributed by atoms with Gasteiger partial charge in [-0.05, 0) is 143 Å². The van der Waals surface area contributed by atoms with Crippen LogP contribution in [0.15, 0.2) is 182 Å². The molecular formula is C58H42B2N2O2. The van der Waals surface area contributed by atoms with Gasteiger partial charge in [0.15, 0.2) is 0 Å². The molecule has 0 amide bonds. The van der Waals surface area contributed by atoms with Crippen molar-refractivity contribution in [3.05, 3.63) is 204 Å². The van der Waals surface area contributed by atoms with Crippen molar-refractivity contribution in [3.8, 4) is 45.3 Å². The predicted molar refractivity (Wildman–Crippen MR) is 268 cm³/mol. The summed E-state index contributed by atoms with van der Waals surface area (Å²) >= 11 is 0. The molecule has 64 heavy (non-hydrogen) atoms. The van der Waals surface area contributed by atoms with E-state index in [0.29, 0.717) is 0 Å². The maximum Gasteiger partial charge on any atom is 0.256 e. The van der Waals surface area contributed by atoms with Crippen molar-refractivity contribution in [2.45, 2.75) is 27.7 Å². The topological polar surface area (TPSA) is 24.9 Å². The normalized spacial score (nSPS) is 13.4. The fraction of sp³-hybridized carbons (Fsp3) is 0.0690. The van der Waals surface area contributed by atoms with Crippen LogP contribution in [0.2, 0.25) is 0 Å². The zero-order chi connectivity index (χ0) is 42.8. The van der Waals surface area contributed by atoms with Gasteiger partial charge in [-0.15, -0.1) is 0 Å². The third-order valence-electron chi connectivity index (χ3n) is 13.8. The van der Waals surface area contributed by atoms with Gasteiger partial charge in [-0.2, -0.15) is 0 Å². The Hall–Kier alpha value is -7.69. The lowest BCUT2D eigenvalue weighted by Crippen LogP contribution is -2.63. The first-order valence-corrected chi connectivity index (χ1v) is 22.3. The molecule has 0 spiro atoms. The van der Waals surface area contributed by atoms with E-state index in [0.717, 1.165) is 78.9 Å². The molecule has 0 radical (unpaired) electrons. The SMILES string of the molecule is Cc1ccc(N2c3ccc(C)cc3B3c4cc5c(cc4Oc4cc(-c6ccccc6)cc2c43)Oc2cc(-c3ccccc3)cc3c2B5c2cc(C)ccc2N3c2ccc(C)cc2)cc1. The summed E-state index contributed by atoms with van der Waals surface area (Å²) in [5, 5.41) is 0. The molecule has 0 aromatic heterocycles. The first-order valence-electron chi connectivity index (χ1n) is 22.3. The molecule has 0 fully saturated rings. The van der Waals surface area contributed by atoms with Gasteiger partial charge in [0.05, 0.1) is 0 Å². The lowest BCUT2D eigenvalue weighted by atomic mass is 9.31. The predicted octanol–water partition coefficient (Wildman–Crippen LogP) is 11.1. The smallest absolute Gasteiger partial charge is 0.256 e. The van der Waals surface area contributed by atoms with Gasteiger partial charge in [0.1, 0.15) is 23.0 Å². The van der Waals surface area contributed by atoms with E-state index in [1.807, 2.05) is 0 Å². The van der Waals surface area contributed by atoms with Crippen LogP contribution >= 0.6 is 0 Å². The first-order chi connectivity index (χ1) is 31.3. The summed E-state index contributed by atoms with van der Waals surface area (Å²) in [6.45, 7) is 8.55. The first kappa shape index (κ1) is 36.9. The molecule has 0 saturated carbocycles. The van der Waals surface area contributed by atoms with E-state index in [1.165, 1.54) is 55.5 Å². The minimum Gasteiger partial charge on any atom is -0.458 e. The summed E-state index contributed by atoms with van der Waals surface area (Å²) in [4.78, 5) is 4.89. The molecule has 0 aliphatic carbocycles. The fourth-order valence-corrected chi connectivity index (χ4v) is 10.8. The van der Waals surface area contributed by atoms with Gasteiger partial charge in [-0.1, -0.05) is 138 Å². The largest absolute Gasteiger partial charge is 0.458 e. The zero-order valence-corrected chi connectivity index (χ0v) is 36.2. The van der Waals surface area contributed by atoms with E-state index in [4.69, 9.17) is 9.47 Å². The highest BCUT2D eigenvalue weighted by Crippen LogP contribution is 2.46. The Kier molecular flexibility index (Phi) is 8.02. The lowest BCUT2D eigenvalue weighted by Gasteiger charge is -2.42. The summed E-state index contributed by atoms with van der Waals surface area (Å²) in [6, 6.07) is 66.8. The maximum absolute atomic E-state index is 7.25. The standard InChI is InChI=1S/C58H42B2N2O2/c1-35-15-21-43(22-16-35)61-49-25-19-37(3)27-45(49)59-47-33-48-54(34-53(47)63-55-31-41(29-51(61)57(55)59)39-11-7-5-8-12-39)64-56-32-42(40-13-9-6-10-14-40)30-52-58(56)60(48)46-28-38(4)20-26-50(46)62(52)44-23-17-36(2)18-24-44/h5-34H,1-4H3. The monoisotopic (exact) mass is 820 g/mol. The van der Waals surface area contributed by atoms with Crippen molar-refractivity contribution in [1.82, 2.24) is 0 Å². The second kappa shape index (κ2) is 13.9. The van der Waals surface area contributed by atoms with E-state index >= 15 is 0 Å². The second-order valence-electron chi connectivity index (χ2n) is 18.0. The molecule has 4 heterocycles. The van der Waals surface area contributed by atoms with E-state index in [1.54, 1.807) is 0 Å². The average Bonchev–Trinajstić information content (AvgIpc) is 3.32. The molecule has 13 rings (SSSR count). The van der Waals surface area contributed by atoms with Gasteiger partial charge in [-0.3, -0.25) is 0 Å². The van der Waals surface area contributed by atoms with Crippen LogP contribution in [0.1, 0.15) is 22.3 Å². The Balaban J connectivity index is 1.07. The van der Waals surface area contributed by atoms with Gasteiger partial charge in [0, 0.05) is 40.2 Å². The average molecular weight is 821 g/mol. The number of nitrogens with zero attached hydrogens (tertiary/aromatic N) is 2. The molecule has 0 N–H and O–H groups in total. The highest BCUT2D eigenvalue weighted by molar-refractivity contribution is 7.02. The minimum absolute atomic E-state index is 0.0774. The van der Waals surface area contributed by atoms with Crippen LogP contribution in [0.4, 0.5) is 34.1 Å². The lowest BCUT2D eigenvalue weighted by molar-refractivity contribution is 0.466. The zero-order valence-electron chi connectivity index (χ0n) is 36.2. The molecular weight excluding hydrogens is 778 g/mol. The number of benzene rings is 9. The number of hydrogen-bond acceptors (Lipinski definition) is 4. The van der Waals surface area contributed by atoms with E-state index in [2.05, 4.69) is 219 Å². The summed E-state index contributed by atoms with van der Waals surface area (Å²) in [7, 11) is 0. The molecule has 0 bridgehead atoms. The molecule has 4 nitrogen and oxygen atoms in total. The van der Waals surface area contributed by atoms with Crippen LogP contribution in [-0.2, 0) is 0 Å². The van der Waals surface area contributed by atoms with Crippen molar-refractivity contribution in [2.24, 2.45) is 0 Å². The molecule has 4 aliphatic heterocycles. The molecule has 0 atom stereocenters. The molecule has 302 valence electrons. The third kappa shape index (κ3) is 5.58. The van der Waals surface area contributed by atoms with Crippen LogP contribution in [0.3, 0.4) is 0 Å². The van der Waals surface area contributed by atoms with E-state index in [9.17, 15) is 0 Å². The summed E-state index contributed by atoms with van der Waals surface area (Å²) in [5.74, 6) is 3.40. The van der Waals surface area contributed by atoms with Crippen molar-refractivity contribution < 1.29 is 9.47 Å². The Morgan fingerprint density at radius 3 is 1.14 bits per heavy atom. The highest BCUT2D eigenvalue weighted by atomic mass is 16.5. The Labute approximate surface area is 375 Å².